The van der Waals surface area contributed by atoms with Crippen LogP contribution in [0.15, 0.2) is 18.2 Å². The summed E-state index contributed by atoms with van der Waals surface area (Å²) in [6, 6.07) is 4.28. The minimum Gasteiger partial charge on any atom is -0.483 e. The maximum Gasteiger partial charge on any atom is 0.413 e. The number of imide groups is 1. The molecule has 0 radical (unpaired) electrons. The number of ether oxygens (including phenoxy) is 2. The molecule has 0 saturated carbocycles. The van der Waals surface area contributed by atoms with Crippen LogP contribution >= 0.6 is 22.6 Å². The van der Waals surface area contributed by atoms with E-state index in [-0.39, 0.29) is 11.3 Å². The zero-order valence-corrected chi connectivity index (χ0v) is 12.0. The fourth-order valence-electron chi connectivity index (χ4n) is 1.09. The molecule has 0 atom stereocenters. The number of aromatic carboxylic acids is 1. The number of amides is 2. The number of hydrogen-bond acceptors (Lipinski definition) is 5. The molecule has 1 aromatic rings. The molecule has 7 nitrogen and oxygen atoms in total. The number of alkyl carbamates (subject to hydrolysis) is 1. The fourth-order valence-corrected chi connectivity index (χ4v) is 1.58. The van der Waals surface area contributed by atoms with Crippen molar-refractivity contribution >= 4 is 40.6 Å². The van der Waals surface area contributed by atoms with E-state index in [0.717, 1.165) is 7.11 Å². The maximum atomic E-state index is 11.3. The number of carbonyl (C=O) groups excluding carboxylic acids is 2. The van der Waals surface area contributed by atoms with Crippen LogP contribution in [0.3, 0.4) is 0 Å². The largest absolute Gasteiger partial charge is 0.483 e. The Morgan fingerprint density at radius 3 is 2.63 bits per heavy atom. The molecule has 8 heteroatoms. The Kier molecular flexibility index (Phi) is 5.55. The van der Waals surface area contributed by atoms with E-state index in [1.165, 1.54) is 12.1 Å². The molecule has 0 saturated heterocycles. The minimum atomic E-state index is -1.10. The molecule has 2 N–H and O–H groups in total. The van der Waals surface area contributed by atoms with Gasteiger partial charge in [0, 0.05) is 0 Å². The zero-order chi connectivity index (χ0) is 14.4. The van der Waals surface area contributed by atoms with Crippen LogP contribution in [0.5, 0.6) is 5.75 Å². The number of rotatable bonds is 4. The standard InChI is InChI=1S/C11H10INO6/c1-18-11(17)13-9(14)5-19-8-4-6(10(15)16)2-3-7(8)12/h2-4H,5H2,1H3,(H,15,16)(H,13,14,17). The van der Waals surface area contributed by atoms with Crippen LogP contribution in [0.1, 0.15) is 10.4 Å². The lowest BCUT2D eigenvalue weighted by Crippen LogP contribution is -2.34. The van der Waals surface area contributed by atoms with Gasteiger partial charge in [-0.25, -0.2) is 9.59 Å². The summed E-state index contributed by atoms with van der Waals surface area (Å²) in [7, 11) is 1.13. The maximum absolute atomic E-state index is 11.3. The number of carbonyl (C=O) groups is 3. The minimum absolute atomic E-state index is 0.0452. The van der Waals surface area contributed by atoms with Crippen molar-refractivity contribution in [3.05, 3.63) is 27.3 Å². The summed E-state index contributed by atoms with van der Waals surface area (Å²) in [5, 5.41) is 10.7. The van der Waals surface area contributed by atoms with E-state index in [2.05, 4.69) is 4.74 Å². The van der Waals surface area contributed by atoms with Crippen molar-refractivity contribution in [2.75, 3.05) is 13.7 Å². The Morgan fingerprint density at radius 1 is 1.37 bits per heavy atom. The number of halogens is 1. The molecule has 102 valence electrons. The molecule has 1 aromatic carbocycles. The normalized spacial score (nSPS) is 9.58. The van der Waals surface area contributed by atoms with Crippen molar-refractivity contribution < 1.29 is 29.0 Å². The highest BCUT2D eigenvalue weighted by atomic mass is 127. The van der Waals surface area contributed by atoms with Gasteiger partial charge in [-0.3, -0.25) is 10.1 Å². The number of carboxylic acid groups (broad SMARTS) is 1. The topological polar surface area (TPSA) is 102 Å². The highest BCUT2D eigenvalue weighted by molar-refractivity contribution is 14.1. The third-order valence-corrected chi connectivity index (χ3v) is 2.85. The van der Waals surface area contributed by atoms with Crippen LogP contribution < -0.4 is 10.1 Å². The van der Waals surface area contributed by atoms with Gasteiger partial charge in [0.2, 0.25) is 0 Å². The lowest BCUT2D eigenvalue weighted by atomic mass is 10.2. The third kappa shape index (κ3) is 4.73. The van der Waals surface area contributed by atoms with Gasteiger partial charge in [0.15, 0.2) is 6.61 Å². The fraction of sp³-hybridized carbons (Fsp3) is 0.182. The molecule has 0 heterocycles. The van der Waals surface area contributed by atoms with E-state index < -0.39 is 24.6 Å². The highest BCUT2D eigenvalue weighted by Gasteiger charge is 2.11. The Hall–Kier alpha value is -1.84. The zero-order valence-electron chi connectivity index (χ0n) is 9.81. The molecule has 0 aliphatic rings. The van der Waals surface area contributed by atoms with E-state index in [9.17, 15) is 14.4 Å². The van der Waals surface area contributed by atoms with Gasteiger partial charge < -0.3 is 14.6 Å². The summed E-state index contributed by atoms with van der Waals surface area (Å²) < 4.78 is 10.0. The molecule has 0 aliphatic heterocycles. The van der Waals surface area contributed by atoms with Gasteiger partial charge in [0.1, 0.15) is 5.75 Å². The van der Waals surface area contributed by atoms with Crippen LogP contribution in [-0.4, -0.2) is 36.8 Å². The Bertz CT molecular complexity index is 516. The van der Waals surface area contributed by atoms with Crippen LogP contribution in [0.25, 0.3) is 0 Å². The first-order chi connectivity index (χ1) is 8.93. The van der Waals surface area contributed by atoms with Crippen molar-refractivity contribution in [2.24, 2.45) is 0 Å². The molecule has 0 fully saturated rings. The summed E-state index contributed by atoms with van der Waals surface area (Å²) in [6.45, 7) is -0.422. The molecule has 19 heavy (non-hydrogen) atoms. The van der Waals surface area contributed by atoms with Gasteiger partial charge in [-0.05, 0) is 40.8 Å². The van der Waals surface area contributed by atoms with Crippen LogP contribution in [-0.2, 0) is 9.53 Å². The number of benzene rings is 1. The summed E-state index contributed by atoms with van der Waals surface area (Å²) in [6.07, 6.45) is -0.886. The molecule has 0 aliphatic carbocycles. The summed E-state index contributed by atoms with van der Waals surface area (Å²) >= 11 is 1.94. The first-order valence-corrected chi connectivity index (χ1v) is 6.05. The second-order valence-corrected chi connectivity index (χ2v) is 4.44. The summed E-state index contributed by atoms with van der Waals surface area (Å²) in [5.41, 5.74) is 0.0452. The summed E-state index contributed by atoms with van der Waals surface area (Å²) in [4.78, 5) is 32.8. The predicted molar refractivity (Wildman–Crippen MR) is 72.2 cm³/mol. The van der Waals surface area contributed by atoms with E-state index in [1.54, 1.807) is 6.07 Å². The third-order valence-electron chi connectivity index (χ3n) is 1.96. The molecule has 0 aromatic heterocycles. The number of methoxy groups -OCH3 is 1. The average Bonchev–Trinajstić information content (AvgIpc) is 2.37. The highest BCUT2D eigenvalue weighted by Crippen LogP contribution is 2.22. The van der Waals surface area contributed by atoms with Gasteiger partial charge >= 0.3 is 12.1 Å². The van der Waals surface area contributed by atoms with E-state index in [1.807, 2.05) is 27.9 Å². The van der Waals surface area contributed by atoms with Crippen LogP contribution in [0.4, 0.5) is 4.79 Å². The second kappa shape index (κ2) is 6.92. The lowest BCUT2D eigenvalue weighted by Gasteiger charge is -2.08. The monoisotopic (exact) mass is 379 g/mol. The number of hydrogen-bond donors (Lipinski definition) is 2. The number of nitrogens with one attached hydrogen (secondary N) is 1. The molecular weight excluding hydrogens is 369 g/mol. The van der Waals surface area contributed by atoms with Gasteiger partial charge in [-0.2, -0.15) is 0 Å². The van der Waals surface area contributed by atoms with Crippen molar-refractivity contribution in [1.29, 1.82) is 0 Å². The molecule has 1 rings (SSSR count). The number of carboxylic acids is 1. The average molecular weight is 379 g/mol. The first-order valence-electron chi connectivity index (χ1n) is 4.97. The van der Waals surface area contributed by atoms with Gasteiger partial charge in [0.25, 0.3) is 5.91 Å². The molecule has 0 spiro atoms. The van der Waals surface area contributed by atoms with Gasteiger partial charge in [0.05, 0.1) is 16.2 Å². The van der Waals surface area contributed by atoms with E-state index in [0.29, 0.717) is 3.57 Å². The van der Waals surface area contributed by atoms with Crippen molar-refractivity contribution in [3.8, 4) is 5.75 Å². The molecule has 0 unspecified atom stereocenters. The van der Waals surface area contributed by atoms with Crippen LogP contribution in [0, 0.1) is 3.57 Å². The molecule has 0 bridgehead atoms. The lowest BCUT2D eigenvalue weighted by molar-refractivity contribution is -0.122. The smallest absolute Gasteiger partial charge is 0.413 e. The van der Waals surface area contributed by atoms with Gasteiger partial charge in [-0.1, -0.05) is 0 Å². The molecular formula is C11H10INO6. The Labute approximate surface area is 122 Å². The van der Waals surface area contributed by atoms with Crippen molar-refractivity contribution in [3.63, 3.8) is 0 Å². The van der Waals surface area contributed by atoms with E-state index in [4.69, 9.17) is 9.84 Å². The SMILES string of the molecule is COC(=O)NC(=O)COc1cc(C(=O)O)ccc1I. The molecule has 2 amide bonds. The Morgan fingerprint density at radius 2 is 2.05 bits per heavy atom. The Balaban J connectivity index is 2.67. The first kappa shape index (κ1) is 15.2. The quantitative estimate of drug-likeness (QED) is 0.764. The van der Waals surface area contributed by atoms with Crippen molar-refractivity contribution in [1.82, 2.24) is 5.32 Å². The van der Waals surface area contributed by atoms with Gasteiger partial charge in [-0.15, -0.1) is 0 Å². The van der Waals surface area contributed by atoms with E-state index >= 15 is 0 Å². The summed E-state index contributed by atoms with van der Waals surface area (Å²) in [5.74, 6) is -1.54. The van der Waals surface area contributed by atoms with Crippen molar-refractivity contribution in [2.45, 2.75) is 0 Å². The predicted octanol–water partition coefficient (Wildman–Crippen LogP) is 1.25. The van der Waals surface area contributed by atoms with Crippen LogP contribution in [0.2, 0.25) is 0 Å². The second-order valence-electron chi connectivity index (χ2n) is 3.28.